The van der Waals surface area contributed by atoms with Crippen LogP contribution in [-0.4, -0.2) is 30.3 Å². The van der Waals surface area contributed by atoms with Gasteiger partial charge >= 0.3 is 29.6 Å². The third-order valence-electron chi connectivity index (χ3n) is 2.15. The van der Waals surface area contributed by atoms with Crippen LogP contribution in [0.3, 0.4) is 0 Å². The van der Waals surface area contributed by atoms with E-state index in [9.17, 15) is 17.3 Å². The molecule has 114 valence electrons. The zero-order valence-electron chi connectivity index (χ0n) is 10.3. The average Bonchev–Trinajstić information content (AvgIpc) is 2.32. The van der Waals surface area contributed by atoms with Crippen LogP contribution in [0.5, 0.6) is 0 Å². The number of hydrogen-bond acceptors (Lipinski definition) is 2. The Morgan fingerprint density at radius 3 is 0.833 bits per heavy atom. The van der Waals surface area contributed by atoms with E-state index in [0.29, 0.717) is 0 Å². The van der Waals surface area contributed by atoms with E-state index in [1.54, 1.807) is 0 Å². The van der Waals surface area contributed by atoms with Crippen LogP contribution < -0.4 is 0 Å². The van der Waals surface area contributed by atoms with E-state index in [0.717, 1.165) is 0 Å². The standard InChI is InChI=1S/2C5H10S.Au.BF4/c2*1-2-4-6-5-3-1;;2-1(3,4)5/h2*1-5H2;;/q;;+1;-1. The Labute approximate surface area is 131 Å². The maximum Gasteiger partial charge on any atom is 1.00 e. The van der Waals surface area contributed by atoms with E-state index in [4.69, 9.17) is 0 Å². The van der Waals surface area contributed by atoms with Crippen LogP contribution >= 0.6 is 23.5 Å². The van der Waals surface area contributed by atoms with Gasteiger partial charge in [-0.3, -0.25) is 0 Å². The molecule has 0 nitrogen and oxygen atoms in total. The monoisotopic (exact) mass is 488 g/mol. The van der Waals surface area contributed by atoms with Crippen molar-refractivity contribution >= 4 is 30.8 Å². The van der Waals surface area contributed by atoms with E-state index in [1.165, 1.54) is 61.5 Å². The van der Waals surface area contributed by atoms with E-state index in [-0.39, 0.29) is 22.4 Å². The topological polar surface area (TPSA) is 0 Å². The van der Waals surface area contributed by atoms with Crippen LogP contribution in [0.15, 0.2) is 0 Å². The summed E-state index contributed by atoms with van der Waals surface area (Å²) in [6, 6.07) is 0. The predicted molar refractivity (Wildman–Crippen MR) is 72.5 cm³/mol. The molecule has 2 fully saturated rings. The van der Waals surface area contributed by atoms with Crippen LogP contribution in [0.4, 0.5) is 17.3 Å². The summed E-state index contributed by atoms with van der Waals surface area (Å²) in [7, 11) is -6.00. The van der Waals surface area contributed by atoms with Crippen molar-refractivity contribution in [2.75, 3.05) is 23.0 Å². The molecule has 2 saturated heterocycles. The van der Waals surface area contributed by atoms with Crippen molar-refractivity contribution in [2.24, 2.45) is 0 Å². The molecule has 0 aromatic carbocycles. The molecule has 8 heteroatoms. The molecule has 0 bridgehead atoms. The first kappa shape index (κ1) is 21.5. The van der Waals surface area contributed by atoms with Crippen LogP contribution in [-0.2, 0) is 22.4 Å². The Morgan fingerprint density at radius 2 is 0.778 bits per heavy atom. The third-order valence-corrected chi connectivity index (χ3v) is 4.46. The normalized spacial score (nSPS) is 19.3. The van der Waals surface area contributed by atoms with E-state index < -0.39 is 7.25 Å². The van der Waals surface area contributed by atoms with Gasteiger partial charge in [-0.2, -0.15) is 23.5 Å². The molecule has 0 radical (unpaired) electrons. The first-order valence-corrected chi connectivity index (χ1v) is 8.34. The zero-order valence-corrected chi connectivity index (χ0v) is 14.1. The molecule has 0 aromatic heterocycles. The SMILES string of the molecule is C1CCSCC1.C1CCSCC1.F[B-](F)(F)F.[Au+]. The Kier molecular flexibility index (Phi) is 17.5. The smallest absolute Gasteiger partial charge is 0.418 e. The molecule has 0 spiro atoms. The second-order valence-electron chi connectivity index (χ2n) is 3.84. The van der Waals surface area contributed by atoms with Crippen molar-refractivity contribution in [3.63, 3.8) is 0 Å². The van der Waals surface area contributed by atoms with Gasteiger partial charge in [-0.05, 0) is 48.7 Å². The van der Waals surface area contributed by atoms with Gasteiger partial charge in [0, 0.05) is 0 Å². The minimum atomic E-state index is -6.00. The molecule has 2 heterocycles. The quantitative estimate of drug-likeness (QED) is 0.344. The summed E-state index contributed by atoms with van der Waals surface area (Å²) in [4.78, 5) is 0. The van der Waals surface area contributed by atoms with Crippen LogP contribution in [0.1, 0.15) is 38.5 Å². The minimum absolute atomic E-state index is 0. The van der Waals surface area contributed by atoms with Crippen molar-refractivity contribution < 1.29 is 39.6 Å². The Morgan fingerprint density at radius 1 is 0.556 bits per heavy atom. The van der Waals surface area contributed by atoms with E-state index in [1.807, 2.05) is 0 Å². The van der Waals surface area contributed by atoms with Gasteiger partial charge in [0.15, 0.2) is 0 Å². The molecule has 2 aliphatic heterocycles. The van der Waals surface area contributed by atoms with Gasteiger partial charge in [-0.15, -0.1) is 0 Å². The summed E-state index contributed by atoms with van der Waals surface area (Å²) in [5.74, 6) is 5.67. The van der Waals surface area contributed by atoms with Crippen LogP contribution in [0, 0.1) is 0 Å². The minimum Gasteiger partial charge on any atom is -0.418 e. The molecular weight excluding hydrogens is 468 g/mol. The fourth-order valence-corrected chi connectivity index (χ4v) is 3.42. The van der Waals surface area contributed by atoms with Gasteiger partial charge in [0.05, 0.1) is 0 Å². The molecule has 0 N–H and O–H groups in total. The molecule has 2 rings (SSSR count). The molecule has 0 atom stereocenters. The summed E-state index contributed by atoms with van der Waals surface area (Å²) in [6.07, 6.45) is 8.81. The zero-order chi connectivity index (χ0) is 13.0. The second-order valence-corrected chi connectivity index (χ2v) is 6.29. The summed E-state index contributed by atoms with van der Waals surface area (Å²) < 4.78 is 39.0. The average molecular weight is 488 g/mol. The summed E-state index contributed by atoms with van der Waals surface area (Å²) in [6.45, 7) is 0. The molecule has 0 aromatic rings. The van der Waals surface area contributed by atoms with Crippen molar-refractivity contribution in [1.29, 1.82) is 0 Å². The molecule has 2 aliphatic rings. The van der Waals surface area contributed by atoms with E-state index in [2.05, 4.69) is 23.5 Å². The number of halogens is 4. The number of rotatable bonds is 0. The maximum atomic E-state index is 9.75. The van der Waals surface area contributed by atoms with Gasteiger partial charge < -0.3 is 17.3 Å². The van der Waals surface area contributed by atoms with Gasteiger partial charge in [0.2, 0.25) is 0 Å². The molecule has 18 heavy (non-hydrogen) atoms. The third kappa shape index (κ3) is 25.9. The predicted octanol–water partition coefficient (Wildman–Crippen LogP) is 5.10. The molecular formula is C10H20AuBF4S2. The fourth-order valence-electron chi connectivity index (χ4n) is 1.37. The first-order chi connectivity index (χ1) is 8.00. The largest absolute Gasteiger partial charge is 1.00 e. The van der Waals surface area contributed by atoms with Gasteiger partial charge in [0.1, 0.15) is 0 Å². The summed E-state index contributed by atoms with van der Waals surface area (Å²) in [5, 5.41) is 0. The Hall–Kier alpha value is 1.23. The molecule has 0 unspecified atom stereocenters. The van der Waals surface area contributed by atoms with Crippen molar-refractivity contribution in [3.05, 3.63) is 0 Å². The van der Waals surface area contributed by atoms with Gasteiger partial charge in [-0.25, -0.2) is 0 Å². The van der Waals surface area contributed by atoms with Crippen molar-refractivity contribution in [1.82, 2.24) is 0 Å². The van der Waals surface area contributed by atoms with Gasteiger partial charge in [0.25, 0.3) is 0 Å². The van der Waals surface area contributed by atoms with Crippen LogP contribution in [0.2, 0.25) is 0 Å². The Balaban J connectivity index is 0. The fraction of sp³-hybridized carbons (Fsp3) is 1.00. The molecule has 0 saturated carbocycles. The second kappa shape index (κ2) is 14.6. The van der Waals surface area contributed by atoms with Crippen molar-refractivity contribution in [3.8, 4) is 0 Å². The van der Waals surface area contributed by atoms with Crippen LogP contribution in [0.25, 0.3) is 0 Å². The van der Waals surface area contributed by atoms with Crippen molar-refractivity contribution in [2.45, 2.75) is 38.5 Å². The molecule has 0 aliphatic carbocycles. The maximum absolute atomic E-state index is 9.75. The Bertz CT molecular complexity index is 123. The first-order valence-electron chi connectivity index (χ1n) is 6.03. The summed E-state index contributed by atoms with van der Waals surface area (Å²) in [5.41, 5.74) is 0. The summed E-state index contributed by atoms with van der Waals surface area (Å²) >= 11 is 4.19. The number of hydrogen-bond donors (Lipinski definition) is 0. The number of thioether (sulfide) groups is 2. The van der Waals surface area contributed by atoms with Gasteiger partial charge in [-0.1, -0.05) is 12.8 Å². The van der Waals surface area contributed by atoms with E-state index >= 15 is 0 Å². The molecule has 0 amide bonds.